The van der Waals surface area contributed by atoms with E-state index < -0.39 is 0 Å². The maximum Gasteiger partial charge on any atom is 0.0776 e. The molecule has 1 N–H and O–H groups in total. The Hall–Kier alpha value is -1.71. The van der Waals surface area contributed by atoms with Gasteiger partial charge < -0.3 is 5.32 Å². The summed E-state index contributed by atoms with van der Waals surface area (Å²) in [6.45, 7) is 4.34. The lowest BCUT2D eigenvalue weighted by Gasteiger charge is -2.30. The van der Waals surface area contributed by atoms with Crippen LogP contribution in [0.1, 0.15) is 23.7 Å². The lowest BCUT2D eigenvalue weighted by molar-refractivity contribution is 0.237. The molecule has 1 atom stereocenters. The van der Waals surface area contributed by atoms with Crippen molar-refractivity contribution >= 4 is 0 Å². The zero-order valence-electron chi connectivity index (χ0n) is 11.7. The van der Waals surface area contributed by atoms with Gasteiger partial charge in [-0.25, -0.2) is 0 Å². The molecule has 1 aliphatic heterocycles. The van der Waals surface area contributed by atoms with E-state index in [2.05, 4.69) is 57.7 Å². The van der Waals surface area contributed by atoms with E-state index in [4.69, 9.17) is 0 Å². The lowest BCUT2D eigenvalue weighted by atomic mass is 10.0. The summed E-state index contributed by atoms with van der Waals surface area (Å²) in [5.41, 5.74) is 2.47. The van der Waals surface area contributed by atoms with Crippen LogP contribution in [0.15, 0.2) is 54.7 Å². The van der Waals surface area contributed by atoms with Crippen molar-refractivity contribution in [2.75, 3.05) is 26.2 Å². The average molecular weight is 267 g/mol. The number of nitrogens with one attached hydrogen (secondary N) is 1. The van der Waals surface area contributed by atoms with Crippen LogP contribution in [0.25, 0.3) is 0 Å². The van der Waals surface area contributed by atoms with E-state index in [1.807, 2.05) is 12.3 Å². The molecule has 0 spiro atoms. The van der Waals surface area contributed by atoms with Crippen LogP contribution in [-0.2, 0) is 0 Å². The Balaban J connectivity index is 1.95. The number of rotatable bonds is 3. The number of aromatic nitrogens is 1. The van der Waals surface area contributed by atoms with Crippen LogP contribution in [0.2, 0.25) is 0 Å². The Morgan fingerprint density at radius 1 is 0.950 bits per heavy atom. The fourth-order valence-electron chi connectivity index (χ4n) is 2.87. The molecule has 3 heteroatoms. The minimum atomic E-state index is 0.261. The van der Waals surface area contributed by atoms with E-state index in [-0.39, 0.29) is 6.04 Å². The summed E-state index contributed by atoms with van der Waals surface area (Å²) in [5.74, 6) is 0. The van der Waals surface area contributed by atoms with Crippen molar-refractivity contribution in [3.05, 3.63) is 66.0 Å². The Bertz CT molecular complexity index is 465. The Morgan fingerprint density at radius 3 is 2.60 bits per heavy atom. The summed E-state index contributed by atoms with van der Waals surface area (Å²) in [6, 6.07) is 17.2. The van der Waals surface area contributed by atoms with Gasteiger partial charge in [-0.1, -0.05) is 36.4 Å². The molecule has 0 radical (unpaired) electrons. The van der Waals surface area contributed by atoms with Crippen LogP contribution in [-0.4, -0.2) is 36.1 Å². The van der Waals surface area contributed by atoms with Crippen molar-refractivity contribution in [2.45, 2.75) is 12.5 Å². The van der Waals surface area contributed by atoms with E-state index in [9.17, 15) is 0 Å². The highest BCUT2D eigenvalue weighted by atomic mass is 15.2. The Kier molecular flexibility index (Phi) is 4.41. The first-order chi connectivity index (χ1) is 9.95. The first-order valence-electron chi connectivity index (χ1n) is 7.36. The number of benzene rings is 1. The predicted molar refractivity (Wildman–Crippen MR) is 81.6 cm³/mol. The van der Waals surface area contributed by atoms with Gasteiger partial charge in [-0.3, -0.25) is 9.88 Å². The van der Waals surface area contributed by atoms with Crippen LogP contribution in [0, 0.1) is 0 Å². The molecule has 3 nitrogen and oxygen atoms in total. The van der Waals surface area contributed by atoms with Crippen molar-refractivity contribution in [1.82, 2.24) is 15.2 Å². The first-order valence-corrected chi connectivity index (χ1v) is 7.36. The summed E-state index contributed by atoms with van der Waals surface area (Å²) in [6.07, 6.45) is 3.08. The van der Waals surface area contributed by atoms with E-state index >= 15 is 0 Å². The van der Waals surface area contributed by atoms with Gasteiger partial charge in [0.25, 0.3) is 0 Å². The summed E-state index contributed by atoms with van der Waals surface area (Å²) in [5, 5.41) is 3.47. The van der Waals surface area contributed by atoms with Gasteiger partial charge in [0, 0.05) is 25.8 Å². The molecular formula is C17H21N3. The number of nitrogens with zero attached hydrogens (tertiary/aromatic N) is 2. The van der Waals surface area contributed by atoms with Gasteiger partial charge >= 0.3 is 0 Å². The molecule has 1 fully saturated rings. The van der Waals surface area contributed by atoms with Crippen LogP contribution < -0.4 is 5.32 Å². The molecule has 2 aromatic rings. The minimum Gasteiger partial charge on any atom is -0.315 e. The summed E-state index contributed by atoms with van der Waals surface area (Å²) in [4.78, 5) is 7.14. The monoisotopic (exact) mass is 267 g/mol. The second-order valence-electron chi connectivity index (χ2n) is 5.21. The summed E-state index contributed by atoms with van der Waals surface area (Å²) >= 11 is 0. The number of hydrogen-bond acceptors (Lipinski definition) is 3. The topological polar surface area (TPSA) is 28.2 Å². The van der Waals surface area contributed by atoms with Crippen molar-refractivity contribution in [2.24, 2.45) is 0 Å². The number of pyridine rings is 1. The second kappa shape index (κ2) is 6.64. The quantitative estimate of drug-likeness (QED) is 0.926. The molecule has 104 valence electrons. The normalized spacial score (nSPS) is 18.4. The number of hydrogen-bond donors (Lipinski definition) is 1. The molecule has 0 saturated carbocycles. The molecule has 1 saturated heterocycles. The van der Waals surface area contributed by atoms with Crippen LogP contribution in [0.5, 0.6) is 0 Å². The Morgan fingerprint density at radius 2 is 1.80 bits per heavy atom. The zero-order chi connectivity index (χ0) is 13.6. The van der Waals surface area contributed by atoms with Crippen molar-refractivity contribution < 1.29 is 0 Å². The van der Waals surface area contributed by atoms with Crippen LogP contribution in [0.4, 0.5) is 0 Å². The lowest BCUT2D eigenvalue weighted by Crippen LogP contribution is -2.33. The van der Waals surface area contributed by atoms with Gasteiger partial charge in [0.15, 0.2) is 0 Å². The largest absolute Gasteiger partial charge is 0.315 e. The molecule has 0 aliphatic carbocycles. The molecule has 0 amide bonds. The van der Waals surface area contributed by atoms with Gasteiger partial charge in [0.1, 0.15) is 0 Å². The molecular weight excluding hydrogens is 246 g/mol. The van der Waals surface area contributed by atoms with Crippen LogP contribution in [0.3, 0.4) is 0 Å². The third kappa shape index (κ3) is 3.06. The van der Waals surface area contributed by atoms with E-state index in [0.717, 1.165) is 31.9 Å². The molecule has 1 aliphatic rings. The van der Waals surface area contributed by atoms with Crippen molar-refractivity contribution in [3.8, 4) is 0 Å². The average Bonchev–Trinajstić information content (AvgIpc) is 2.79. The highest BCUT2D eigenvalue weighted by molar-refractivity contribution is 5.27. The molecule has 3 rings (SSSR count). The highest BCUT2D eigenvalue weighted by Crippen LogP contribution is 2.27. The van der Waals surface area contributed by atoms with Gasteiger partial charge in [-0.2, -0.15) is 0 Å². The Labute approximate surface area is 120 Å². The standard InChI is InChI=1S/C17H21N3/c1-2-7-15(8-3-1)17(16-9-4-5-11-19-16)20-13-6-10-18-12-14-20/h1-5,7-9,11,17-18H,6,10,12-14H2. The van der Waals surface area contributed by atoms with Crippen LogP contribution >= 0.6 is 0 Å². The second-order valence-corrected chi connectivity index (χ2v) is 5.21. The first kappa shape index (κ1) is 13.3. The molecule has 0 bridgehead atoms. The zero-order valence-corrected chi connectivity index (χ0v) is 11.7. The molecule has 1 aromatic carbocycles. The highest BCUT2D eigenvalue weighted by Gasteiger charge is 2.23. The van der Waals surface area contributed by atoms with E-state index in [0.29, 0.717) is 0 Å². The third-order valence-electron chi connectivity index (χ3n) is 3.82. The van der Waals surface area contributed by atoms with E-state index in [1.54, 1.807) is 0 Å². The third-order valence-corrected chi connectivity index (χ3v) is 3.82. The maximum absolute atomic E-state index is 4.60. The maximum atomic E-state index is 4.60. The smallest absolute Gasteiger partial charge is 0.0776 e. The van der Waals surface area contributed by atoms with Gasteiger partial charge in [0.2, 0.25) is 0 Å². The summed E-state index contributed by atoms with van der Waals surface area (Å²) in [7, 11) is 0. The minimum absolute atomic E-state index is 0.261. The fourth-order valence-corrected chi connectivity index (χ4v) is 2.87. The van der Waals surface area contributed by atoms with E-state index in [1.165, 1.54) is 12.0 Å². The molecule has 1 aromatic heterocycles. The predicted octanol–water partition coefficient (Wildman–Crippen LogP) is 2.47. The SMILES string of the molecule is c1ccc(C(c2ccccn2)N2CCCNCC2)cc1. The van der Waals surface area contributed by atoms with Gasteiger partial charge in [-0.15, -0.1) is 0 Å². The molecule has 1 unspecified atom stereocenters. The van der Waals surface area contributed by atoms with Gasteiger partial charge in [-0.05, 0) is 30.7 Å². The van der Waals surface area contributed by atoms with Crippen molar-refractivity contribution in [1.29, 1.82) is 0 Å². The van der Waals surface area contributed by atoms with Gasteiger partial charge in [0.05, 0.1) is 11.7 Å². The molecule has 20 heavy (non-hydrogen) atoms. The fraction of sp³-hybridized carbons (Fsp3) is 0.353. The molecule has 2 heterocycles. The summed E-state index contributed by atoms with van der Waals surface area (Å²) < 4.78 is 0. The van der Waals surface area contributed by atoms with Crippen molar-refractivity contribution in [3.63, 3.8) is 0 Å².